The second-order valence-electron chi connectivity index (χ2n) is 5.19. The molecule has 94 valence electrons. The first-order valence-electron chi connectivity index (χ1n) is 6.91. The van der Waals surface area contributed by atoms with Crippen molar-refractivity contribution >= 4 is 5.57 Å². The number of rotatable bonds is 4. The Bertz CT molecular complexity index is 500. The Balaban J connectivity index is 1.91. The van der Waals surface area contributed by atoms with Crippen molar-refractivity contribution in [2.45, 2.75) is 39.0 Å². The Labute approximate surface area is 108 Å². The lowest BCUT2D eigenvalue weighted by atomic mass is 10.0. The Morgan fingerprint density at radius 1 is 1.28 bits per heavy atom. The summed E-state index contributed by atoms with van der Waals surface area (Å²) in [5.74, 6) is 3.70. The molecule has 0 amide bonds. The fraction of sp³-hybridized carbons (Fsp3) is 0.533. The molecule has 0 N–H and O–H groups in total. The number of nitrogens with zero attached hydrogens (tertiary/aromatic N) is 3. The van der Waals surface area contributed by atoms with Crippen LogP contribution in [-0.4, -0.2) is 15.0 Å². The van der Waals surface area contributed by atoms with Gasteiger partial charge in [-0.25, -0.2) is 15.0 Å². The maximum Gasteiger partial charge on any atom is 0.159 e. The first-order chi connectivity index (χ1) is 8.83. The number of hydrogen-bond donors (Lipinski definition) is 0. The summed E-state index contributed by atoms with van der Waals surface area (Å²) < 4.78 is 0. The summed E-state index contributed by atoms with van der Waals surface area (Å²) in [6.45, 7) is 4.38. The smallest absolute Gasteiger partial charge is 0.159 e. The first kappa shape index (κ1) is 11.6. The lowest BCUT2D eigenvalue weighted by Crippen LogP contribution is -2.07. The van der Waals surface area contributed by atoms with Gasteiger partial charge in [0.25, 0.3) is 0 Å². The van der Waals surface area contributed by atoms with Gasteiger partial charge in [-0.05, 0) is 31.1 Å². The normalized spacial score (nSPS) is 24.9. The van der Waals surface area contributed by atoms with Gasteiger partial charge in [0, 0.05) is 11.5 Å². The predicted molar refractivity (Wildman–Crippen MR) is 71.9 cm³/mol. The third-order valence-corrected chi connectivity index (χ3v) is 4.07. The van der Waals surface area contributed by atoms with Gasteiger partial charge in [-0.15, -0.1) is 0 Å². The minimum atomic E-state index is 0.460. The van der Waals surface area contributed by atoms with Crippen molar-refractivity contribution in [1.82, 2.24) is 15.0 Å². The molecule has 1 saturated carbocycles. The number of hydrogen-bond acceptors (Lipinski definition) is 3. The quantitative estimate of drug-likeness (QED) is 0.811. The molecule has 1 aromatic heterocycles. The average Bonchev–Trinajstić information content (AvgIpc) is 3.19. The van der Waals surface area contributed by atoms with Crippen LogP contribution in [0.3, 0.4) is 0 Å². The fourth-order valence-electron chi connectivity index (χ4n) is 2.75. The summed E-state index contributed by atoms with van der Waals surface area (Å²) in [5.41, 5.74) is 1.30. The summed E-state index contributed by atoms with van der Waals surface area (Å²) in [6.07, 6.45) is 11.7. The van der Waals surface area contributed by atoms with E-state index in [-0.39, 0.29) is 0 Å². The van der Waals surface area contributed by atoms with E-state index in [1.807, 2.05) is 0 Å². The molecule has 2 unspecified atom stereocenters. The predicted octanol–water partition coefficient (Wildman–Crippen LogP) is 3.36. The summed E-state index contributed by atoms with van der Waals surface area (Å²) in [6, 6.07) is 0. The van der Waals surface area contributed by atoms with Crippen LogP contribution in [0.25, 0.3) is 5.57 Å². The van der Waals surface area contributed by atoms with E-state index in [9.17, 15) is 0 Å². The van der Waals surface area contributed by atoms with Gasteiger partial charge in [-0.1, -0.05) is 32.1 Å². The molecule has 0 aliphatic heterocycles. The summed E-state index contributed by atoms with van der Waals surface area (Å²) >= 11 is 0. The zero-order valence-corrected chi connectivity index (χ0v) is 11.0. The van der Waals surface area contributed by atoms with Crippen molar-refractivity contribution in [3.05, 3.63) is 36.2 Å². The summed E-state index contributed by atoms with van der Waals surface area (Å²) in [4.78, 5) is 13.4. The van der Waals surface area contributed by atoms with Crippen LogP contribution >= 0.6 is 0 Å². The van der Waals surface area contributed by atoms with Gasteiger partial charge in [0.1, 0.15) is 12.2 Å². The minimum absolute atomic E-state index is 0.460. The van der Waals surface area contributed by atoms with Crippen LogP contribution in [0.5, 0.6) is 0 Å². The Morgan fingerprint density at radius 3 is 2.89 bits per heavy atom. The molecule has 0 radical (unpaired) electrons. The van der Waals surface area contributed by atoms with Gasteiger partial charge < -0.3 is 0 Å². The van der Waals surface area contributed by atoms with E-state index in [1.165, 1.54) is 12.0 Å². The SMILES string of the molecule is CCC(CC)c1ncnc(C2=CC=CC3CC23)n1. The van der Waals surface area contributed by atoms with Crippen LogP contribution in [0.1, 0.15) is 50.7 Å². The lowest BCUT2D eigenvalue weighted by molar-refractivity contribution is 0.595. The van der Waals surface area contributed by atoms with Crippen molar-refractivity contribution in [1.29, 1.82) is 0 Å². The highest BCUT2D eigenvalue weighted by atomic mass is 15.0. The van der Waals surface area contributed by atoms with Crippen LogP contribution in [0, 0.1) is 11.8 Å². The van der Waals surface area contributed by atoms with Gasteiger partial charge in [0.05, 0.1) is 0 Å². The summed E-state index contributed by atoms with van der Waals surface area (Å²) in [7, 11) is 0. The Kier molecular flexibility index (Phi) is 2.98. The molecular weight excluding hydrogens is 222 g/mol. The van der Waals surface area contributed by atoms with Crippen molar-refractivity contribution in [3.8, 4) is 0 Å². The minimum Gasteiger partial charge on any atom is -0.221 e. The molecule has 3 nitrogen and oxygen atoms in total. The van der Waals surface area contributed by atoms with Crippen LogP contribution in [0.15, 0.2) is 24.6 Å². The van der Waals surface area contributed by atoms with Crippen molar-refractivity contribution < 1.29 is 0 Å². The zero-order chi connectivity index (χ0) is 12.5. The highest BCUT2D eigenvalue weighted by Crippen LogP contribution is 2.50. The average molecular weight is 241 g/mol. The summed E-state index contributed by atoms with van der Waals surface area (Å²) in [5, 5.41) is 0. The lowest BCUT2D eigenvalue weighted by Gasteiger charge is -2.12. The third kappa shape index (κ3) is 1.98. The molecule has 0 bridgehead atoms. The molecule has 1 aromatic rings. The molecule has 2 aliphatic carbocycles. The van der Waals surface area contributed by atoms with Gasteiger partial charge >= 0.3 is 0 Å². The fourth-order valence-corrected chi connectivity index (χ4v) is 2.75. The largest absolute Gasteiger partial charge is 0.221 e. The van der Waals surface area contributed by atoms with Crippen LogP contribution in [0.2, 0.25) is 0 Å². The molecule has 3 rings (SSSR count). The van der Waals surface area contributed by atoms with E-state index >= 15 is 0 Å². The monoisotopic (exact) mass is 241 g/mol. The highest BCUT2D eigenvalue weighted by Gasteiger charge is 2.40. The maximum atomic E-state index is 4.69. The molecule has 1 fully saturated rings. The van der Waals surface area contributed by atoms with Crippen molar-refractivity contribution in [3.63, 3.8) is 0 Å². The molecular formula is C15H19N3. The molecule has 0 aromatic carbocycles. The second kappa shape index (κ2) is 4.63. The molecule has 18 heavy (non-hydrogen) atoms. The topological polar surface area (TPSA) is 38.7 Å². The first-order valence-corrected chi connectivity index (χ1v) is 6.91. The number of allylic oxidation sites excluding steroid dienone is 4. The van der Waals surface area contributed by atoms with E-state index < -0.39 is 0 Å². The second-order valence-corrected chi connectivity index (χ2v) is 5.19. The van der Waals surface area contributed by atoms with Gasteiger partial charge in [0.15, 0.2) is 5.82 Å². The van der Waals surface area contributed by atoms with Crippen molar-refractivity contribution in [2.75, 3.05) is 0 Å². The van der Waals surface area contributed by atoms with E-state index in [1.54, 1.807) is 6.33 Å². The van der Waals surface area contributed by atoms with Gasteiger partial charge in [-0.2, -0.15) is 0 Å². The highest BCUT2D eigenvalue weighted by molar-refractivity contribution is 5.68. The zero-order valence-electron chi connectivity index (χ0n) is 11.0. The van der Waals surface area contributed by atoms with E-state index in [4.69, 9.17) is 4.98 Å². The molecule has 0 saturated heterocycles. The molecule has 2 aliphatic rings. The van der Waals surface area contributed by atoms with Crippen LogP contribution in [0.4, 0.5) is 0 Å². The molecule has 1 heterocycles. The molecule has 0 spiro atoms. The third-order valence-electron chi connectivity index (χ3n) is 4.07. The van der Waals surface area contributed by atoms with E-state index in [0.29, 0.717) is 11.8 Å². The van der Waals surface area contributed by atoms with Crippen LogP contribution in [-0.2, 0) is 0 Å². The number of aromatic nitrogens is 3. The molecule has 3 heteroatoms. The van der Waals surface area contributed by atoms with E-state index in [2.05, 4.69) is 42.0 Å². The van der Waals surface area contributed by atoms with Gasteiger partial charge in [0.2, 0.25) is 0 Å². The maximum absolute atomic E-state index is 4.69. The molecule has 2 atom stereocenters. The Morgan fingerprint density at radius 2 is 2.11 bits per heavy atom. The van der Waals surface area contributed by atoms with Crippen LogP contribution < -0.4 is 0 Å². The number of fused-ring (bicyclic) bond motifs is 1. The van der Waals surface area contributed by atoms with Crippen molar-refractivity contribution in [2.24, 2.45) is 11.8 Å². The van der Waals surface area contributed by atoms with Gasteiger partial charge in [-0.3, -0.25) is 0 Å². The Hall–Kier alpha value is -1.51. The standard InChI is InChI=1S/C15H19N3/c1-3-10(4-2)14-16-9-17-15(18-14)12-7-5-6-11-8-13(11)12/h5-7,9-11,13H,3-4,8H2,1-2H3. The van der Waals surface area contributed by atoms with E-state index in [0.717, 1.165) is 30.4 Å².